The lowest BCUT2D eigenvalue weighted by Crippen LogP contribution is -2.24. The van der Waals surface area contributed by atoms with Crippen LogP contribution in [0.2, 0.25) is 5.02 Å². The highest BCUT2D eigenvalue weighted by Crippen LogP contribution is 2.15. The Morgan fingerprint density at radius 2 is 2.19 bits per heavy atom. The number of amides is 1. The predicted octanol–water partition coefficient (Wildman–Crippen LogP) is 3.38. The van der Waals surface area contributed by atoms with Crippen molar-refractivity contribution in [1.82, 2.24) is 5.32 Å². The number of rotatable bonds is 5. The molecule has 2 nitrogen and oxygen atoms in total. The average molecular weight is 309 g/mol. The first-order valence-electron chi connectivity index (χ1n) is 4.94. The Labute approximate surface area is 107 Å². The molecule has 0 heterocycles. The van der Waals surface area contributed by atoms with E-state index in [1.54, 1.807) is 0 Å². The molecule has 0 aromatic heterocycles. The van der Waals surface area contributed by atoms with Crippen molar-refractivity contribution in [2.45, 2.75) is 12.8 Å². The normalized spacial score (nSPS) is 10.2. The van der Waals surface area contributed by atoms with Crippen LogP contribution in [-0.4, -0.2) is 17.8 Å². The van der Waals surface area contributed by atoms with Gasteiger partial charge in [0.1, 0.15) is 5.82 Å². The van der Waals surface area contributed by atoms with Crippen LogP contribution in [0, 0.1) is 5.82 Å². The van der Waals surface area contributed by atoms with Crippen LogP contribution in [-0.2, 0) is 0 Å². The minimum absolute atomic E-state index is 0.0342. The topological polar surface area (TPSA) is 29.1 Å². The number of benzene rings is 1. The Hall–Kier alpha value is -0.610. The van der Waals surface area contributed by atoms with Crippen molar-refractivity contribution in [3.8, 4) is 0 Å². The second-order valence-electron chi connectivity index (χ2n) is 3.28. The fourth-order valence-electron chi connectivity index (χ4n) is 1.16. The van der Waals surface area contributed by atoms with E-state index in [9.17, 15) is 9.18 Å². The van der Waals surface area contributed by atoms with Crippen molar-refractivity contribution in [1.29, 1.82) is 0 Å². The fourth-order valence-corrected chi connectivity index (χ4v) is 1.74. The Balaban J connectivity index is 2.50. The molecule has 0 spiro atoms. The smallest absolute Gasteiger partial charge is 0.251 e. The molecule has 1 aromatic rings. The molecule has 0 fully saturated rings. The molecule has 0 saturated carbocycles. The summed E-state index contributed by atoms with van der Waals surface area (Å²) in [5.41, 5.74) is 0.380. The van der Waals surface area contributed by atoms with Crippen LogP contribution in [0.15, 0.2) is 18.2 Å². The number of halogens is 3. The highest BCUT2D eigenvalue weighted by atomic mass is 79.9. The second kappa shape index (κ2) is 6.86. The number of hydrogen-bond acceptors (Lipinski definition) is 1. The largest absolute Gasteiger partial charge is 0.352 e. The Kier molecular flexibility index (Phi) is 5.77. The zero-order valence-electron chi connectivity index (χ0n) is 8.60. The first kappa shape index (κ1) is 13.5. The fraction of sp³-hybridized carbons (Fsp3) is 0.364. The standard InChI is InChI=1S/C11H12BrClFNO/c12-5-1-2-6-15-11(16)8-3-4-10(14)9(13)7-8/h3-4,7H,1-2,5-6H2,(H,15,16). The van der Waals surface area contributed by atoms with Gasteiger partial charge in [0, 0.05) is 17.4 Å². The monoisotopic (exact) mass is 307 g/mol. The van der Waals surface area contributed by atoms with E-state index >= 15 is 0 Å². The maximum atomic E-state index is 12.8. The van der Waals surface area contributed by atoms with E-state index in [0.717, 1.165) is 18.2 Å². The van der Waals surface area contributed by atoms with Crippen LogP contribution >= 0.6 is 27.5 Å². The van der Waals surface area contributed by atoms with Crippen LogP contribution in [0.5, 0.6) is 0 Å². The number of carbonyl (C=O) groups excluding carboxylic acids is 1. The van der Waals surface area contributed by atoms with Gasteiger partial charge in [-0.2, -0.15) is 0 Å². The van der Waals surface area contributed by atoms with Crippen molar-refractivity contribution in [2.24, 2.45) is 0 Å². The van der Waals surface area contributed by atoms with Crippen LogP contribution < -0.4 is 5.32 Å². The molecule has 0 aliphatic rings. The summed E-state index contributed by atoms with van der Waals surface area (Å²) >= 11 is 8.89. The van der Waals surface area contributed by atoms with Gasteiger partial charge in [-0.25, -0.2) is 4.39 Å². The van der Waals surface area contributed by atoms with E-state index in [4.69, 9.17) is 11.6 Å². The summed E-state index contributed by atoms with van der Waals surface area (Å²) in [6, 6.07) is 3.94. The summed E-state index contributed by atoms with van der Waals surface area (Å²) in [6.07, 6.45) is 1.91. The molecule has 0 aliphatic carbocycles. The van der Waals surface area contributed by atoms with E-state index in [-0.39, 0.29) is 10.9 Å². The molecule has 0 atom stereocenters. The molecule has 1 N–H and O–H groups in total. The second-order valence-corrected chi connectivity index (χ2v) is 4.48. The van der Waals surface area contributed by atoms with Crippen molar-refractivity contribution in [3.05, 3.63) is 34.6 Å². The highest BCUT2D eigenvalue weighted by Gasteiger charge is 2.07. The summed E-state index contributed by atoms with van der Waals surface area (Å²) in [5.74, 6) is -0.742. The lowest BCUT2D eigenvalue weighted by atomic mass is 10.2. The molecular weight excluding hydrogens is 296 g/mol. The van der Waals surface area contributed by atoms with Crippen LogP contribution in [0.4, 0.5) is 4.39 Å². The summed E-state index contributed by atoms with van der Waals surface area (Å²) in [6.45, 7) is 0.611. The predicted molar refractivity (Wildman–Crippen MR) is 66.8 cm³/mol. The van der Waals surface area contributed by atoms with E-state index in [1.165, 1.54) is 18.2 Å². The van der Waals surface area contributed by atoms with Gasteiger partial charge in [-0.3, -0.25) is 4.79 Å². The maximum Gasteiger partial charge on any atom is 0.251 e. The van der Waals surface area contributed by atoms with E-state index in [1.807, 2.05) is 0 Å². The first-order valence-corrected chi connectivity index (χ1v) is 6.44. The van der Waals surface area contributed by atoms with Gasteiger partial charge in [0.05, 0.1) is 5.02 Å². The Morgan fingerprint density at radius 1 is 1.44 bits per heavy atom. The van der Waals surface area contributed by atoms with Gasteiger partial charge in [-0.1, -0.05) is 27.5 Å². The first-order chi connectivity index (χ1) is 7.65. The molecule has 16 heavy (non-hydrogen) atoms. The van der Waals surface area contributed by atoms with Crippen molar-refractivity contribution < 1.29 is 9.18 Å². The lowest BCUT2D eigenvalue weighted by Gasteiger charge is -2.05. The Morgan fingerprint density at radius 3 is 2.81 bits per heavy atom. The molecule has 0 bridgehead atoms. The molecule has 88 valence electrons. The van der Waals surface area contributed by atoms with E-state index < -0.39 is 5.82 Å². The van der Waals surface area contributed by atoms with Gasteiger partial charge in [0.25, 0.3) is 5.91 Å². The van der Waals surface area contributed by atoms with Gasteiger partial charge in [-0.05, 0) is 31.0 Å². The number of unbranched alkanes of at least 4 members (excludes halogenated alkanes) is 1. The number of alkyl halides is 1. The van der Waals surface area contributed by atoms with Crippen LogP contribution in [0.1, 0.15) is 23.2 Å². The summed E-state index contributed by atoms with van der Waals surface area (Å²) in [5, 5.41) is 3.63. The summed E-state index contributed by atoms with van der Waals surface area (Å²) < 4.78 is 12.8. The molecule has 0 saturated heterocycles. The maximum absolute atomic E-state index is 12.8. The van der Waals surface area contributed by atoms with Crippen molar-refractivity contribution in [3.63, 3.8) is 0 Å². The SMILES string of the molecule is O=C(NCCCCBr)c1ccc(F)c(Cl)c1. The van der Waals surface area contributed by atoms with E-state index in [2.05, 4.69) is 21.2 Å². The number of nitrogens with one attached hydrogen (secondary N) is 1. The van der Waals surface area contributed by atoms with E-state index in [0.29, 0.717) is 12.1 Å². The summed E-state index contributed by atoms with van der Waals surface area (Å²) in [4.78, 5) is 11.6. The van der Waals surface area contributed by atoms with Crippen molar-refractivity contribution >= 4 is 33.4 Å². The third-order valence-corrected chi connectivity index (χ3v) is 2.88. The van der Waals surface area contributed by atoms with Gasteiger partial charge in [0.15, 0.2) is 0 Å². The Bertz CT molecular complexity index is 373. The van der Waals surface area contributed by atoms with Crippen LogP contribution in [0.25, 0.3) is 0 Å². The molecule has 0 radical (unpaired) electrons. The molecule has 5 heteroatoms. The quantitative estimate of drug-likeness (QED) is 0.656. The summed E-state index contributed by atoms with van der Waals surface area (Å²) in [7, 11) is 0. The van der Waals surface area contributed by atoms with Gasteiger partial charge in [0.2, 0.25) is 0 Å². The molecule has 1 rings (SSSR count). The van der Waals surface area contributed by atoms with Crippen LogP contribution in [0.3, 0.4) is 0 Å². The third-order valence-electron chi connectivity index (χ3n) is 2.03. The third kappa shape index (κ3) is 4.10. The number of hydrogen-bond donors (Lipinski definition) is 1. The number of carbonyl (C=O) groups is 1. The molecule has 1 amide bonds. The van der Waals surface area contributed by atoms with Gasteiger partial charge >= 0.3 is 0 Å². The lowest BCUT2D eigenvalue weighted by molar-refractivity contribution is 0.0953. The van der Waals surface area contributed by atoms with Gasteiger partial charge < -0.3 is 5.32 Å². The average Bonchev–Trinajstić information content (AvgIpc) is 2.28. The highest BCUT2D eigenvalue weighted by molar-refractivity contribution is 9.09. The minimum atomic E-state index is -0.516. The van der Waals surface area contributed by atoms with Crippen molar-refractivity contribution in [2.75, 3.05) is 11.9 Å². The molecular formula is C11H12BrClFNO. The minimum Gasteiger partial charge on any atom is -0.352 e. The molecule has 1 aromatic carbocycles. The zero-order chi connectivity index (χ0) is 12.0. The molecule has 0 aliphatic heterocycles. The van der Waals surface area contributed by atoms with Gasteiger partial charge in [-0.15, -0.1) is 0 Å². The zero-order valence-corrected chi connectivity index (χ0v) is 10.9. The molecule has 0 unspecified atom stereocenters.